The highest BCUT2D eigenvalue weighted by molar-refractivity contribution is 14.1. The summed E-state index contributed by atoms with van der Waals surface area (Å²) in [6.45, 7) is 12.9. The highest BCUT2D eigenvalue weighted by atomic mass is 127. The lowest BCUT2D eigenvalue weighted by Gasteiger charge is -2.16. The Morgan fingerprint density at radius 2 is 0.503 bits per heavy atom. The fourth-order valence-corrected chi connectivity index (χ4v) is 16.9. The van der Waals surface area contributed by atoms with Crippen LogP contribution in [0.25, 0.3) is 0 Å². The Bertz CT molecular complexity index is 6060. The van der Waals surface area contributed by atoms with E-state index in [4.69, 9.17) is 68.4 Å². The largest absolute Gasteiger partial charge is 0.513 e. The van der Waals surface area contributed by atoms with Crippen molar-refractivity contribution in [2.45, 2.75) is 201 Å². The lowest BCUT2D eigenvalue weighted by molar-refractivity contribution is 0.119. The number of ether oxygens (including phenoxy) is 18. The van der Waals surface area contributed by atoms with Gasteiger partial charge in [-0.1, -0.05) is 82.1 Å². The average Bonchev–Trinajstić information content (AvgIpc) is 1.68. The van der Waals surface area contributed by atoms with Crippen LogP contribution in [0.4, 0.5) is 59.5 Å². The molecule has 6 aliphatic carbocycles. The molecule has 0 heterocycles. The Morgan fingerprint density at radius 3 is 0.839 bits per heavy atom. The van der Waals surface area contributed by atoms with E-state index in [2.05, 4.69) is 66.9 Å². The molecule has 0 bridgehead atoms. The Hall–Kier alpha value is -13.9. The summed E-state index contributed by atoms with van der Waals surface area (Å²) < 4.78 is 192. The molecule has 18 rings (SSSR count). The van der Waals surface area contributed by atoms with Gasteiger partial charge in [-0.05, 0) is 353 Å². The van der Waals surface area contributed by atoms with Gasteiger partial charge in [-0.3, -0.25) is 0 Å². The minimum atomic E-state index is -0.952. The summed E-state index contributed by atoms with van der Waals surface area (Å²) >= 11 is 11.8. The van der Waals surface area contributed by atoms with Crippen LogP contribution in [0.2, 0.25) is 5.02 Å². The van der Waals surface area contributed by atoms with Gasteiger partial charge in [-0.25, -0.2) is 59.5 Å². The number of methoxy groups -OCH3 is 6. The number of para-hydroxylation sites is 1. The molecule has 0 unspecified atom stereocenters. The number of hydrogen-bond acceptors (Lipinski definition) is 24. The van der Waals surface area contributed by atoms with Gasteiger partial charge in [-0.2, -0.15) is 0 Å². The van der Waals surface area contributed by atoms with E-state index in [0.717, 1.165) is 142 Å². The predicted octanol–water partition coefficient (Wildman–Crippen LogP) is 30.9. The zero-order valence-corrected chi connectivity index (χ0v) is 88.7. The van der Waals surface area contributed by atoms with Crippen molar-refractivity contribution >= 4 is 87.1 Å². The number of rotatable bonds is 30. The first kappa shape index (κ1) is 112. The van der Waals surface area contributed by atoms with Gasteiger partial charge < -0.3 is 85.3 Å². The van der Waals surface area contributed by atoms with Crippen molar-refractivity contribution in [3.63, 3.8) is 0 Å². The monoisotopic (exact) mass is 2250 g/mol. The summed E-state index contributed by atoms with van der Waals surface area (Å²) in [6, 6.07) is 51.5. The molecule has 0 N–H and O–H groups in total. The van der Waals surface area contributed by atoms with Crippen molar-refractivity contribution in [2.75, 3.05) is 42.7 Å². The lowest BCUT2D eigenvalue weighted by Crippen LogP contribution is -2.11. The van der Waals surface area contributed by atoms with Crippen molar-refractivity contribution in [2.24, 2.45) is 0 Å². The Kier molecular flexibility index (Phi) is 39.8. The normalized spacial score (nSPS) is 13.4. The highest BCUT2D eigenvalue weighted by Gasteiger charge is 2.35. The van der Waals surface area contributed by atoms with Crippen molar-refractivity contribution in [3.05, 3.63) is 348 Å². The fourth-order valence-electron chi connectivity index (χ4n) is 15.6. The molecule has 0 radical (unpaired) electrons. The summed E-state index contributed by atoms with van der Waals surface area (Å²) in [5.41, 5.74) is 14.0. The molecule has 0 atom stereocenters. The third kappa shape index (κ3) is 31.8. The number of aryl methyl sites for hydroxylation is 7. The van der Waals surface area contributed by atoms with Crippen LogP contribution in [0, 0.1) is 92.8 Å². The molecule has 24 nitrogen and oxygen atoms in total. The average molecular weight is 2250 g/mol. The predicted molar refractivity (Wildman–Crippen MR) is 552 cm³/mol. The Balaban J connectivity index is 0.000000149. The third-order valence-corrected chi connectivity index (χ3v) is 27.0. The second kappa shape index (κ2) is 52.8. The SMILES string of the molecule is COC(=O)Oc1cccc(Br)c1COc1cc(F)c(C)cc1C1CC1.COC(=O)Oc1cccc(C)c1COc1cc(F)c(C)cc1C1CC1.COC(=O)Oc1cccc(Cl)c1COc1cc(F)c(C)cc1C1CC1.COC(=O)Oc1cccc(F)c1COc1cc(F)c(C)cc1C1CC1.COC(=O)Oc1cccc(I)c1COc1cc(F)c(C)cc1C1CC1.COC(=O)Oc1ccccc1COc1cc(F)c(C)cc1C1CC1. The molecule has 0 amide bonds. The molecule has 149 heavy (non-hydrogen) atoms. The van der Waals surface area contributed by atoms with Gasteiger partial charge >= 0.3 is 36.9 Å². The van der Waals surface area contributed by atoms with Crippen LogP contribution in [0.5, 0.6) is 69.0 Å². The van der Waals surface area contributed by atoms with Crippen LogP contribution in [0.15, 0.2) is 193 Å². The summed E-state index contributed by atoms with van der Waals surface area (Å²) in [5, 5.41) is 0.391. The van der Waals surface area contributed by atoms with Gasteiger partial charge in [0.2, 0.25) is 0 Å². The van der Waals surface area contributed by atoms with Gasteiger partial charge in [0.15, 0.2) is 0 Å². The van der Waals surface area contributed by atoms with Crippen LogP contribution in [0.1, 0.15) is 218 Å². The van der Waals surface area contributed by atoms with E-state index in [9.17, 15) is 59.5 Å². The fraction of sp³-hybridized carbons (Fsp3) is 0.322. The van der Waals surface area contributed by atoms with Gasteiger partial charge in [0.25, 0.3) is 0 Å². The molecule has 6 saturated carbocycles. The minimum absolute atomic E-state index is 0.00686. The molecular formula is C115H112BrClF7IO24. The van der Waals surface area contributed by atoms with Crippen LogP contribution in [-0.2, 0) is 68.1 Å². The lowest BCUT2D eigenvalue weighted by atomic mass is 10.1. The minimum Gasteiger partial charge on any atom is -0.488 e. The first-order chi connectivity index (χ1) is 71.5. The molecule has 34 heteroatoms. The molecule has 6 fully saturated rings. The van der Waals surface area contributed by atoms with Crippen LogP contribution < -0.4 is 56.8 Å². The second-order valence-electron chi connectivity index (χ2n) is 36.1. The number of hydrogen-bond donors (Lipinski definition) is 0. The van der Waals surface area contributed by atoms with E-state index in [1.165, 1.54) is 90.1 Å². The van der Waals surface area contributed by atoms with Gasteiger partial charge in [0.05, 0.1) is 58.8 Å². The zero-order chi connectivity index (χ0) is 107. The zero-order valence-electron chi connectivity index (χ0n) is 84.2. The molecule has 12 aromatic rings. The number of carbonyl (C=O) groups is 6. The molecule has 12 aromatic carbocycles. The van der Waals surface area contributed by atoms with Crippen molar-refractivity contribution in [1.29, 1.82) is 0 Å². The summed E-state index contributed by atoms with van der Waals surface area (Å²) in [6.07, 6.45) is 8.01. The van der Waals surface area contributed by atoms with Crippen LogP contribution in [0.3, 0.4) is 0 Å². The molecular weight excluding hydrogens is 2140 g/mol. The number of carbonyl (C=O) groups excluding carboxylic acids is 6. The number of halogens is 10. The first-order valence-electron chi connectivity index (χ1n) is 47.9. The van der Waals surface area contributed by atoms with E-state index < -0.39 is 42.7 Å². The number of benzene rings is 12. The van der Waals surface area contributed by atoms with Crippen molar-refractivity contribution in [3.8, 4) is 69.0 Å². The highest BCUT2D eigenvalue weighted by Crippen LogP contribution is 2.52. The topological polar surface area (TPSA) is 269 Å². The van der Waals surface area contributed by atoms with Crippen LogP contribution >= 0.6 is 50.1 Å². The third-order valence-electron chi connectivity index (χ3n) is 24.9. The van der Waals surface area contributed by atoms with Gasteiger partial charge in [0.1, 0.15) is 149 Å². The van der Waals surface area contributed by atoms with Crippen molar-refractivity contribution in [1.82, 2.24) is 0 Å². The standard InChI is InChI=1S/C20H21FO4.C19H18BrFO4.C19H18ClFO4.C19H18F2O4.C19H18FIO4.C19H19FO4/c1-12-5-4-6-18(25-20(22)23-3)16(12)11-24-19-10-17(21)13(2)9-15(19)14-7-8-14;3*1-11-8-13(12-6-7-12)18(9-16(11)21)24-10-14-15(20)4-3-5-17(14)25-19(22)23-2;1-11-8-13(12-6-7-12)18(9-15(11)20)24-10-14-16(21)4-3-5-17(14)25-19(22)23-2;1-12-9-15(13-7-8-13)18(10-16(12)20)23-11-14-5-3-4-6-17(14)24-19(21)22-2/h4-6,9-10,14H,7-8,11H2,1-3H3;4*3-5,8-9,12H,6-7,10H2,1-2H3;3-6,9-10,13H,7-8,11H2,1-2H3. The van der Waals surface area contributed by atoms with Crippen LogP contribution in [-0.4, -0.2) is 79.6 Å². The molecule has 0 aliphatic heterocycles. The van der Waals surface area contributed by atoms with Gasteiger partial charge in [0, 0.05) is 66.7 Å². The molecule has 0 spiro atoms. The molecule has 6 aliphatic rings. The maximum absolute atomic E-state index is 14.1. The summed E-state index contributed by atoms with van der Waals surface area (Å²) in [4.78, 5) is 68.2. The molecule has 786 valence electrons. The maximum Gasteiger partial charge on any atom is 0.513 e. The smallest absolute Gasteiger partial charge is 0.488 e. The van der Waals surface area contributed by atoms with Crippen molar-refractivity contribution < 1.29 is 145 Å². The Morgan fingerprint density at radius 1 is 0.262 bits per heavy atom. The van der Waals surface area contributed by atoms with E-state index in [1.54, 1.807) is 120 Å². The quantitative estimate of drug-likeness (QED) is 0.0133. The van der Waals surface area contributed by atoms with E-state index in [1.807, 2.05) is 61.5 Å². The second-order valence-corrected chi connectivity index (χ2v) is 38.5. The van der Waals surface area contributed by atoms with E-state index >= 15 is 0 Å². The summed E-state index contributed by atoms with van der Waals surface area (Å²) in [7, 11) is 7.38. The molecule has 0 aromatic heterocycles. The first-order valence-corrected chi connectivity index (χ1v) is 50.2. The Labute approximate surface area is 885 Å². The van der Waals surface area contributed by atoms with Gasteiger partial charge in [-0.15, -0.1) is 0 Å². The summed E-state index contributed by atoms with van der Waals surface area (Å²) in [5.74, 6) is 4.88. The van der Waals surface area contributed by atoms with E-state index in [-0.39, 0.29) is 91.6 Å². The maximum atomic E-state index is 14.1. The molecule has 0 saturated heterocycles. The van der Waals surface area contributed by atoms with E-state index in [0.29, 0.717) is 148 Å².